The summed E-state index contributed by atoms with van der Waals surface area (Å²) in [5.74, 6) is 0. The van der Waals surface area contributed by atoms with Crippen LogP contribution in [0.3, 0.4) is 0 Å². The third kappa shape index (κ3) is 3.93. The highest BCUT2D eigenvalue weighted by molar-refractivity contribution is 5.61. The number of aryl methyl sites for hydroxylation is 1. The van der Waals surface area contributed by atoms with Crippen LogP contribution in [-0.2, 0) is 21.5 Å². The molecule has 0 aliphatic rings. The molecule has 0 saturated heterocycles. The van der Waals surface area contributed by atoms with E-state index in [1.807, 2.05) is 0 Å². The van der Waals surface area contributed by atoms with Gasteiger partial charge in [-0.25, -0.2) is 4.79 Å². The van der Waals surface area contributed by atoms with Gasteiger partial charge in [-0.05, 0) is 25.8 Å². The number of carbonyl (C=O) groups excluding carboxylic acids is 1. The Labute approximate surface area is 134 Å². The van der Waals surface area contributed by atoms with E-state index in [0.29, 0.717) is 24.1 Å². The third-order valence-corrected chi connectivity index (χ3v) is 3.14. The number of alkyl halides is 6. The molecule has 0 radical (unpaired) electrons. The van der Waals surface area contributed by atoms with E-state index in [2.05, 4.69) is 9.47 Å². The summed E-state index contributed by atoms with van der Waals surface area (Å²) in [5.41, 5.74) is -5.53. The molecule has 0 aliphatic heterocycles. The van der Waals surface area contributed by atoms with Crippen molar-refractivity contribution in [2.75, 3.05) is 0 Å². The predicted molar refractivity (Wildman–Crippen MR) is 72.3 cm³/mol. The molecule has 1 rings (SSSR count). The van der Waals surface area contributed by atoms with Gasteiger partial charge in [0.2, 0.25) is 0 Å². The van der Waals surface area contributed by atoms with Crippen LogP contribution >= 0.6 is 0 Å². The van der Waals surface area contributed by atoms with E-state index >= 15 is 0 Å². The lowest BCUT2D eigenvalue weighted by atomic mass is 9.91. The molecule has 0 bridgehead atoms. The second-order valence-corrected chi connectivity index (χ2v) is 5.25. The van der Waals surface area contributed by atoms with E-state index in [9.17, 15) is 31.1 Å². The minimum Gasteiger partial charge on any atom is -0.432 e. The van der Waals surface area contributed by atoms with Gasteiger partial charge in [0.25, 0.3) is 0 Å². The van der Waals surface area contributed by atoms with Crippen molar-refractivity contribution >= 4 is 6.16 Å². The van der Waals surface area contributed by atoms with Crippen molar-refractivity contribution in [3.8, 4) is 0 Å². The first kappa shape index (κ1) is 20.1. The van der Waals surface area contributed by atoms with Crippen molar-refractivity contribution in [3.05, 3.63) is 35.4 Å². The number of benzene rings is 1. The Kier molecular flexibility index (Phi) is 5.78. The molecule has 0 unspecified atom stereocenters. The van der Waals surface area contributed by atoms with E-state index < -0.39 is 35.8 Å². The number of carbonyl (C=O) groups is 1. The van der Waals surface area contributed by atoms with Crippen molar-refractivity contribution in [1.82, 2.24) is 0 Å². The molecule has 0 aliphatic carbocycles. The van der Waals surface area contributed by atoms with Crippen LogP contribution in [0.4, 0.5) is 31.1 Å². The molecule has 0 saturated carbocycles. The summed E-state index contributed by atoms with van der Waals surface area (Å²) < 4.78 is 88.4. The smallest absolute Gasteiger partial charge is 0.432 e. The molecule has 0 heterocycles. The van der Waals surface area contributed by atoms with Gasteiger partial charge in [0, 0.05) is 5.56 Å². The van der Waals surface area contributed by atoms with Crippen molar-refractivity contribution in [2.24, 2.45) is 0 Å². The number of rotatable bonds is 4. The zero-order valence-corrected chi connectivity index (χ0v) is 13.1. The average molecular weight is 358 g/mol. The van der Waals surface area contributed by atoms with E-state index in [4.69, 9.17) is 0 Å². The maximum atomic E-state index is 13.4. The van der Waals surface area contributed by atoms with E-state index in [1.165, 1.54) is 13.8 Å². The van der Waals surface area contributed by atoms with Crippen LogP contribution < -0.4 is 0 Å². The first-order valence-corrected chi connectivity index (χ1v) is 6.97. The highest BCUT2D eigenvalue weighted by atomic mass is 19.4. The topological polar surface area (TPSA) is 35.5 Å². The lowest BCUT2D eigenvalue weighted by Gasteiger charge is -2.36. The fourth-order valence-electron chi connectivity index (χ4n) is 1.98. The standard InChI is InChI=1S/C15H16F6O3/c1-4-10-5-7-11(8-6-10)13(14(16,17)18,15(19,20)21)24-12(22)23-9(2)3/h5-9H,4H2,1-3H3. The zero-order chi connectivity index (χ0) is 18.8. The molecule has 136 valence electrons. The van der Waals surface area contributed by atoms with Gasteiger partial charge in [-0.15, -0.1) is 0 Å². The van der Waals surface area contributed by atoms with Gasteiger partial charge in [-0.3, -0.25) is 0 Å². The van der Waals surface area contributed by atoms with Crippen LogP contribution in [-0.4, -0.2) is 24.6 Å². The fourth-order valence-corrected chi connectivity index (χ4v) is 1.98. The molecular weight excluding hydrogens is 342 g/mol. The van der Waals surface area contributed by atoms with E-state index in [0.717, 1.165) is 12.1 Å². The number of hydrogen-bond donors (Lipinski definition) is 0. The van der Waals surface area contributed by atoms with Crippen molar-refractivity contribution < 1.29 is 40.6 Å². The summed E-state index contributed by atoms with van der Waals surface area (Å²) in [6.07, 6.45) is -14.5. The van der Waals surface area contributed by atoms with Gasteiger partial charge in [-0.1, -0.05) is 31.2 Å². The van der Waals surface area contributed by atoms with Gasteiger partial charge < -0.3 is 9.47 Å². The highest BCUT2D eigenvalue weighted by Gasteiger charge is 2.75. The van der Waals surface area contributed by atoms with Gasteiger partial charge in [0.05, 0.1) is 6.10 Å². The summed E-state index contributed by atoms with van der Waals surface area (Å²) in [4.78, 5) is 11.4. The van der Waals surface area contributed by atoms with E-state index in [1.54, 1.807) is 6.92 Å². The minimum absolute atomic E-state index is 0.418. The Morgan fingerprint density at radius 3 is 1.79 bits per heavy atom. The summed E-state index contributed by atoms with van der Waals surface area (Å²) in [6.45, 7) is 4.21. The largest absolute Gasteiger partial charge is 0.510 e. The maximum Gasteiger partial charge on any atom is 0.510 e. The van der Waals surface area contributed by atoms with Crippen LogP contribution in [0.1, 0.15) is 31.9 Å². The summed E-state index contributed by atoms with van der Waals surface area (Å²) in [5, 5.41) is 0. The first-order valence-electron chi connectivity index (χ1n) is 6.97. The lowest BCUT2D eigenvalue weighted by molar-refractivity contribution is -0.376. The summed E-state index contributed by atoms with van der Waals surface area (Å²) >= 11 is 0. The van der Waals surface area contributed by atoms with Crippen molar-refractivity contribution in [1.29, 1.82) is 0 Å². The molecule has 3 nitrogen and oxygen atoms in total. The van der Waals surface area contributed by atoms with Gasteiger partial charge in [-0.2, -0.15) is 26.3 Å². The van der Waals surface area contributed by atoms with Crippen LogP contribution in [0.15, 0.2) is 24.3 Å². The van der Waals surface area contributed by atoms with Crippen LogP contribution in [0, 0.1) is 0 Å². The lowest BCUT2D eigenvalue weighted by Crippen LogP contribution is -2.57. The van der Waals surface area contributed by atoms with Crippen molar-refractivity contribution in [3.63, 3.8) is 0 Å². The maximum absolute atomic E-state index is 13.4. The molecular formula is C15H16F6O3. The number of halogens is 6. The van der Waals surface area contributed by atoms with E-state index in [-0.39, 0.29) is 0 Å². The molecule has 1 aromatic carbocycles. The highest BCUT2D eigenvalue weighted by Crippen LogP contribution is 2.53. The quantitative estimate of drug-likeness (QED) is 0.553. The minimum atomic E-state index is -5.94. The number of ether oxygens (including phenoxy) is 2. The SMILES string of the molecule is CCc1ccc(C(OC(=O)OC(C)C)(C(F)(F)F)C(F)(F)F)cc1. The summed E-state index contributed by atoms with van der Waals surface area (Å²) in [6, 6.07) is 3.50. The zero-order valence-electron chi connectivity index (χ0n) is 13.1. The molecule has 0 atom stereocenters. The van der Waals surface area contributed by atoms with Crippen LogP contribution in [0.2, 0.25) is 0 Å². The Morgan fingerprint density at radius 2 is 1.46 bits per heavy atom. The Hall–Kier alpha value is -1.93. The fraction of sp³-hybridized carbons (Fsp3) is 0.533. The van der Waals surface area contributed by atoms with Gasteiger partial charge >= 0.3 is 24.1 Å². The normalized spacial score (nSPS) is 13.1. The Bertz CT molecular complexity index is 546. The second kappa shape index (κ2) is 6.90. The molecule has 1 aromatic rings. The van der Waals surface area contributed by atoms with Crippen molar-refractivity contribution in [2.45, 2.75) is 51.2 Å². The number of hydrogen-bond acceptors (Lipinski definition) is 3. The van der Waals surface area contributed by atoms with Gasteiger partial charge in [0.1, 0.15) is 0 Å². The predicted octanol–water partition coefficient (Wildman–Crippen LogP) is 5.13. The molecule has 24 heavy (non-hydrogen) atoms. The first-order chi connectivity index (χ1) is 10.8. The van der Waals surface area contributed by atoms with Gasteiger partial charge in [0.15, 0.2) is 0 Å². The average Bonchev–Trinajstić information content (AvgIpc) is 2.41. The van der Waals surface area contributed by atoms with Crippen LogP contribution in [0.25, 0.3) is 0 Å². The molecule has 0 amide bonds. The third-order valence-electron chi connectivity index (χ3n) is 3.14. The molecule has 0 spiro atoms. The second-order valence-electron chi connectivity index (χ2n) is 5.25. The Morgan fingerprint density at radius 1 is 1.00 bits per heavy atom. The van der Waals surface area contributed by atoms with Crippen LogP contribution in [0.5, 0.6) is 0 Å². The molecule has 0 N–H and O–H groups in total. The monoisotopic (exact) mass is 358 g/mol. The summed E-state index contributed by atoms with van der Waals surface area (Å²) in [7, 11) is 0. The molecule has 0 fully saturated rings. The Balaban J connectivity index is 3.50. The molecule has 9 heteroatoms. The molecule has 0 aromatic heterocycles.